The van der Waals surface area contributed by atoms with Gasteiger partial charge >= 0.3 is 0 Å². The summed E-state index contributed by atoms with van der Waals surface area (Å²) in [5.74, 6) is 0.463. The van der Waals surface area contributed by atoms with Gasteiger partial charge in [0.15, 0.2) is 0 Å². The number of rotatable bonds is 7. The topological polar surface area (TPSA) is 78.8 Å². The van der Waals surface area contributed by atoms with Crippen LogP contribution in [-0.4, -0.2) is 28.6 Å². The predicted octanol–water partition coefficient (Wildman–Crippen LogP) is 8.03. The van der Waals surface area contributed by atoms with E-state index >= 15 is 0 Å². The summed E-state index contributed by atoms with van der Waals surface area (Å²) >= 11 is 0. The fourth-order valence-electron chi connectivity index (χ4n) is 5.78. The molecule has 0 unspecified atom stereocenters. The average Bonchev–Trinajstić information content (AvgIpc) is 3.90. The third-order valence-corrected chi connectivity index (χ3v) is 7.72. The molecule has 4 heterocycles. The van der Waals surface area contributed by atoms with E-state index in [-0.39, 0.29) is 12.0 Å². The minimum Gasteiger partial charge on any atom is -0.475 e. The highest BCUT2D eigenvalue weighted by atomic mass is 16.5. The Bertz CT molecular complexity index is 2050. The maximum atomic E-state index is 12.1. The summed E-state index contributed by atoms with van der Waals surface area (Å²) in [6.07, 6.45) is 11.4. The van der Waals surface area contributed by atoms with E-state index in [1.54, 1.807) is 6.08 Å². The number of carbonyl (C=O) groups is 1. The van der Waals surface area contributed by atoms with E-state index < -0.39 is 0 Å². The van der Waals surface area contributed by atoms with Gasteiger partial charge in [-0.1, -0.05) is 91.0 Å². The van der Waals surface area contributed by atoms with Crippen LogP contribution in [0.15, 0.2) is 167 Å². The minimum absolute atomic E-state index is 0.0315. The molecule has 0 radical (unpaired) electrons. The number of aromatic nitrogens is 1. The van der Waals surface area contributed by atoms with Crippen molar-refractivity contribution >= 4 is 34.2 Å². The minimum atomic E-state index is -0.140. The molecule has 3 aliphatic rings. The van der Waals surface area contributed by atoms with E-state index in [1.165, 1.54) is 0 Å². The van der Waals surface area contributed by atoms with E-state index in [0.717, 1.165) is 67.6 Å². The van der Waals surface area contributed by atoms with E-state index in [9.17, 15) is 4.79 Å². The van der Waals surface area contributed by atoms with Gasteiger partial charge in [-0.15, -0.1) is 0 Å². The average molecular weight is 601 g/mol. The van der Waals surface area contributed by atoms with Crippen LogP contribution in [0.3, 0.4) is 0 Å². The molecular formula is C40H32N4O2. The first-order chi connectivity index (χ1) is 22.5. The summed E-state index contributed by atoms with van der Waals surface area (Å²) in [7, 11) is 0. The molecule has 0 spiro atoms. The van der Waals surface area contributed by atoms with Crippen molar-refractivity contribution in [2.24, 2.45) is 9.98 Å². The monoisotopic (exact) mass is 600 g/mol. The molecule has 1 aromatic heterocycles. The summed E-state index contributed by atoms with van der Waals surface area (Å²) in [5, 5.41) is 2.97. The van der Waals surface area contributed by atoms with Crippen molar-refractivity contribution in [3.8, 4) is 0 Å². The number of aromatic amines is 1. The van der Waals surface area contributed by atoms with E-state index in [0.29, 0.717) is 5.90 Å². The normalized spacial score (nSPS) is 18.5. The number of nitrogens with zero attached hydrogens (tertiary/aromatic N) is 2. The second-order valence-corrected chi connectivity index (χ2v) is 11.3. The van der Waals surface area contributed by atoms with Crippen LogP contribution in [0, 0.1) is 0 Å². The molecule has 1 amide bonds. The predicted molar refractivity (Wildman–Crippen MR) is 186 cm³/mol. The summed E-state index contributed by atoms with van der Waals surface area (Å²) in [4.78, 5) is 25.9. The Hall–Kier alpha value is -6.01. The van der Waals surface area contributed by atoms with E-state index in [1.807, 2.05) is 111 Å². The van der Waals surface area contributed by atoms with Gasteiger partial charge in [-0.3, -0.25) is 4.79 Å². The molecular weight excluding hydrogens is 568 g/mol. The number of carbonyl (C=O) groups excluding carboxylic acids is 1. The van der Waals surface area contributed by atoms with Gasteiger partial charge in [-0.25, -0.2) is 9.98 Å². The number of H-pyrrole nitrogens is 1. The van der Waals surface area contributed by atoms with Crippen LogP contribution in [-0.2, 0) is 9.53 Å². The lowest BCUT2D eigenvalue weighted by atomic mass is 9.99. The Balaban J connectivity index is 1.36. The molecule has 0 saturated heterocycles. The number of hydrogen-bond acceptors (Lipinski definition) is 4. The molecule has 224 valence electrons. The van der Waals surface area contributed by atoms with Gasteiger partial charge < -0.3 is 15.0 Å². The molecule has 7 rings (SSSR count). The van der Waals surface area contributed by atoms with Gasteiger partial charge in [0.2, 0.25) is 11.8 Å². The Kier molecular flexibility index (Phi) is 7.84. The highest BCUT2D eigenvalue weighted by Gasteiger charge is 2.23. The maximum Gasteiger partial charge on any atom is 0.248 e. The zero-order chi connectivity index (χ0) is 31.5. The lowest BCUT2D eigenvalue weighted by Crippen LogP contribution is -2.16. The van der Waals surface area contributed by atoms with Gasteiger partial charge in [-0.05, 0) is 67.0 Å². The number of nitrogens with one attached hydrogen (secondary N) is 2. The molecule has 0 bridgehead atoms. The number of amides is 1. The van der Waals surface area contributed by atoms with Gasteiger partial charge in [0, 0.05) is 40.3 Å². The Morgan fingerprint density at radius 2 is 1.11 bits per heavy atom. The molecule has 4 aromatic rings. The van der Waals surface area contributed by atoms with Crippen molar-refractivity contribution in [3.63, 3.8) is 0 Å². The quantitative estimate of drug-likeness (QED) is 0.225. The summed E-state index contributed by atoms with van der Waals surface area (Å²) in [6, 6.07) is 34.7. The standard InChI is InChI=1S/C40H32N4O2/c1-26(2)46-37-25-23-35(44-37)40(29-16-10-5-11-17-29)33-21-19-31(42-33)38(27-12-6-3-7-13-27)30-18-20-32(41-30)39(28-14-8-4-9-15-28)34-22-24-36(45)43-34/h3-26,42H,1-2H3,(H,43,45)/b38-30+,39-34-,40-35-. The molecule has 0 atom stereocenters. The van der Waals surface area contributed by atoms with Gasteiger partial charge in [-0.2, -0.15) is 0 Å². The zero-order valence-corrected chi connectivity index (χ0v) is 25.6. The highest BCUT2D eigenvalue weighted by molar-refractivity contribution is 6.32. The summed E-state index contributed by atoms with van der Waals surface area (Å²) in [6.45, 7) is 3.99. The number of aliphatic imine (C=N–C) groups is 2. The van der Waals surface area contributed by atoms with Crippen LogP contribution in [0.25, 0.3) is 16.7 Å². The first-order valence-electron chi connectivity index (χ1n) is 15.3. The fraction of sp³-hybridized carbons (Fsp3) is 0.0750. The van der Waals surface area contributed by atoms with Crippen molar-refractivity contribution in [2.45, 2.75) is 20.0 Å². The van der Waals surface area contributed by atoms with Crippen LogP contribution in [0.1, 0.15) is 41.9 Å². The van der Waals surface area contributed by atoms with Crippen molar-refractivity contribution in [3.05, 3.63) is 185 Å². The third-order valence-electron chi connectivity index (χ3n) is 7.72. The maximum absolute atomic E-state index is 12.1. The molecule has 2 N–H and O–H groups in total. The molecule has 6 heteroatoms. The van der Waals surface area contributed by atoms with Gasteiger partial charge in [0.05, 0.1) is 28.9 Å². The highest BCUT2D eigenvalue weighted by Crippen LogP contribution is 2.36. The Labute approximate surface area is 268 Å². The van der Waals surface area contributed by atoms with E-state index in [2.05, 4.69) is 46.7 Å². The lowest BCUT2D eigenvalue weighted by molar-refractivity contribution is -0.115. The summed E-state index contributed by atoms with van der Waals surface area (Å²) in [5.41, 5.74) is 10.9. The fourth-order valence-corrected chi connectivity index (χ4v) is 5.78. The summed E-state index contributed by atoms with van der Waals surface area (Å²) < 4.78 is 5.89. The first-order valence-corrected chi connectivity index (χ1v) is 15.3. The second kappa shape index (κ2) is 12.5. The Morgan fingerprint density at radius 3 is 1.63 bits per heavy atom. The van der Waals surface area contributed by atoms with Crippen molar-refractivity contribution in [1.29, 1.82) is 0 Å². The number of ether oxygens (including phenoxy) is 1. The van der Waals surface area contributed by atoms with Crippen LogP contribution >= 0.6 is 0 Å². The van der Waals surface area contributed by atoms with Crippen molar-refractivity contribution in [2.75, 3.05) is 0 Å². The number of hydrogen-bond donors (Lipinski definition) is 2. The van der Waals surface area contributed by atoms with Gasteiger partial charge in [0.25, 0.3) is 0 Å². The van der Waals surface area contributed by atoms with Gasteiger partial charge in [0.1, 0.15) is 0 Å². The SMILES string of the molecule is CC(C)OC1=N/C(=C(/c2ccccc2)c2ccc(/C(=C3\C=CC(C(=C4/C=CC(=O)N4)/c4ccccc4)=N3)c3ccccc3)[nH]2)C=C1. The van der Waals surface area contributed by atoms with Crippen LogP contribution < -0.4 is 5.32 Å². The van der Waals surface area contributed by atoms with Crippen LogP contribution in [0.5, 0.6) is 0 Å². The molecule has 46 heavy (non-hydrogen) atoms. The largest absolute Gasteiger partial charge is 0.475 e. The molecule has 6 nitrogen and oxygen atoms in total. The molecule has 0 aliphatic carbocycles. The molecule has 0 fully saturated rings. The van der Waals surface area contributed by atoms with Crippen LogP contribution in [0.4, 0.5) is 0 Å². The molecule has 3 aliphatic heterocycles. The number of allylic oxidation sites excluding steroid dienone is 5. The van der Waals surface area contributed by atoms with Crippen LogP contribution in [0.2, 0.25) is 0 Å². The Morgan fingerprint density at radius 1 is 0.587 bits per heavy atom. The smallest absolute Gasteiger partial charge is 0.248 e. The molecule has 0 saturated carbocycles. The third kappa shape index (κ3) is 5.88. The number of benzene rings is 3. The first kappa shape index (κ1) is 28.7. The van der Waals surface area contributed by atoms with Crippen molar-refractivity contribution in [1.82, 2.24) is 10.3 Å². The second-order valence-electron chi connectivity index (χ2n) is 11.3. The van der Waals surface area contributed by atoms with E-state index in [4.69, 9.17) is 14.7 Å². The van der Waals surface area contributed by atoms with Crippen molar-refractivity contribution < 1.29 is 9.53 Å². The lowest BCUT2D eigenvalue weighted by Gasteiger charge is -2.12. The molecule has 3 aromatic carbocycles. The zero-order valence-electron chi connectivity index (χ0n) is 25.6.